The molecule has 0 aliphatic heterocycles. The largest absolute Gasteiger partial charge is 0.416 e. The lowest BCUT2D eigenvalue weighted by Gasteiger charge is -2.12. The lowest BCUT2D eigenvalue weighted by atomic mass is 10.0. The first-order valence-electron chi connectivity index (χ1n) is 6.23. The van der Waals surface area contributed by atoms with Gasteiger partial charge in [0.15, 0.2) is 0 Å². The number of halogens is 3. The summed E-state index contributed by atoms with van der Waals surface area (Å²) in [6.07, 6.45) is -1.06. The Kier molecular flexibility index (Phi) is 3.41. The summed E-state index contributed by atoms with van der Waals surface area (Å²) < 4.78 is 37.1. The van der Waals surface area contributed by atoms with Gasteiger partial charge in [-0.15, -0.1) is 0 Å². The maximum atomic E-state index is 12.4. The Bertz CT molecular complexity index is 410. The summed E-state index contributed by atoms with van der Waals surface area (Å²) in [5.41, 5.74) is -0.557. The van der Waals surface area contributed by atoms with Crippen LogP contribution < -0.4 is 0 Å². The van der Waals surface area contributed by atoms with E-state index < -0.39 is 17.3 Å². The number of alkyl halides is 3. The van der Waals surface area contributed by atoms with Crippen molar-refractivity contribution in [3.63, 3.8) is 0 Å². The van der Waals surface area contributed by atoms with Gasteiger partial charge in [-0.1, -0.05) is 25.5 Å². The molecule has 0 spiro atoms. The Hall–Kier alpha value is -1.03. The average molecular weight is 258 g/mol. The van der Waals surface area contributed by atoms with Crippen molar-refractivity contribution < 1.29 is 18.3 Å². The molecule has 1 aliphatic rings. The van der Waals surface area contributed by atoms with Crippen molar-refractivity contribution in [2.45, 2.75) is 44.4 Å². The maximum absolute atomic E-state index is 12.4. The molecule has 2 atom stereocenters. The molecular weight excluding hydrogens is 241 g/mol. The monoisotopic (exact) mass is 258 g/mol. The van der Waals surface area contributed by atoms with Crippen molar-refractivity contribution in [1.29, 1.82) is 0 Å². The molecular formula is C14H17F3O. The Morgan fingerprint density at radius 3 is 2.39 bits per heavy atom. The molecule has 1 aliphatic carbocycles. The average Bonchev–Trinajstić information content (AvgIpc) is 2.88. The molecule has 1 N–H and O–H groups in total. The number of hydrogen-bond donors (Lipinski definition) is 1. The van der Waals surface area contributed by atoms with E-state index in [9.17, 15) is 18.3 Å². The van der Waals surface area contributed by atoms with Crippen molar-refractivity contribution in [3.05, 3.63) is 35.4 Å². The SMILES string of the molecule is CCCC1CC1(O)Cc1ccc(C(F)(F)F)cc1. The number of hydrogen-bond acceptors (Lipinski definition) is 1. The standard InChI is InChI=1S/C14H17F3O/c1-2-3-12-9-13(12,18)8-10-4-6-11(7-5-10)14(15,16)17/h4-7,12,18H,2-3,8-9H2,1H3. The van der Waals surface area contributed by atoms with Gasteiger partial charge in [-0.05, 0) is 36.5 Å². The van der Waals surface area contributed by atoms with Crippen molar-refractivity contribution in [2.75, 3.05) is 0 Å². The molecule has 0 saturated heterocycles. The molecule has 2 unspecified atom stereocenters. The van der Waals surface area contributed by atoms with Crippen LogP contribution in [0.2, 0.25) is 0 Å². The molecule has 0 radical (unpaired) electrons. The molecule has 1 fully saturated rings. The van der Waals surface area contributed by atoms with E-state index in [0.717, 1.165) is 37.0 Å². The second kappa shape index (κ2) is 4.57. The fraction of sp³-hybridized carbons (Fsp3) is 0.571. The molecule has 1 aromatic carbocycles. The van der Waals surface area contributed by atoms with Gasteiger partial charge in [0.2, 0.25) is 0 Å². The van der Waals surface area contributed by atoms with Crippen LogP contribution in [-0.4, -0.2) is 10.7 Å². The van der Waals surface area contributed by atoms with Gasteiger partial charge >= 0.3 is 6.18 Å². The predicted molar refractivity (Wildman–Crippen MR) is 63.1 cm³/mol. The molecule has 1 nitrogen and oxygen atoms in total. The van der Waals surface area contributed by atoms with Crippen LogP contribution in [0.25, 0.3) is 0 Å². The summed E-state index contributed by atoms with van der Waals surface area (Å²) in [6, 6.07) is 5.08. The van der Waals surface area contributed by atoms with E-state index in [4.69, 9.17) is 0 Å². The molecule has 0 heterocycles. The summed E-state index contributed by atoms with van der Waals surface area (Å²) in [6.45, 7) is 2.07. The quantitative estimate of drug-likeness (QED) is 0.871. The highest BCUT2D eigenvalue weighted by atomic mass is 19.4. The van der Waals surface area contributed by atoms with E-state index in [0.29, 0.717) is 12.3 Å². The van der Waals surface area contributed by atoms with Gasteiger partial charge in [0.1, 0.15) is 0 Å². The van der Waals surface area contributed by atoms with Gasteiger partial charge < -0.3 is 5.11 Å². The fourth-order valence-corrected chi connectivity index (χ4v) is 2.47. The van der Waals surface area contributed by atoms with Crippen LogP contribution in [0.15, 0.2) is 24.3 Å². The molecule has 4 heteroatoms. The van der Waals surface area contributed by atoms with Crippen LogP contribution >= 0.6 is 0 Å². The topological polar surface area (TPSA) is 20.2 Å². The molecule has 0 amide bonds. The zero-order valence-electron chi connectivity index (χ0n) is 10.3. The highest BCUT2D eigenvalue weighted by Gasteiger charge is 2.51. The van der Waals surface area contributed by atoms with Crippen molar-refractivity contribution >= 4 is 0 Å². The Morgan fingerprint density at radius 2 is 1.89 bits per heavy atom. The fourth-order valence-electron chi connectivity index (χ4n) is 2.47. The number of benzene rings is 1. The molecule has 100 valence electrons. The van der Waals surface area contributed by atoms with E-state index >= 15 is 0 Å². The van der Waals surface area contributed by atoms with E-state index in [2.05, 4.69) is 6.92 Å². The lowest BCUT2D eigenvalue weighted by Crippen LogP contribution is -2.15. The Labute approximate surface area is 105 Å². The highest BCUT2D eigenvalue weighted by Crippen LogP contribution is 2.48. The second-order valence-corrected chi connectivity index (χ2v) is 5.16. The van der Waals surface area contributed by atoms with E-state index in [1.165, 1.54) is 12.1 Å². The van der Waals surface area contributed by atoms with Crippen molar-refractivity contribution in [2.24, 2.45) is 5.92 Å². The summed E-state index contributed by atoms with van der Waals surface area (Å²) in [5.74, 6) is 0.310. The molecule has 2 rings (SSSR count). The molecule has 1 saturated carbocycles. The predicted octanol–water partition coefficient (Wildman–Crippen LogP) is 3.80. The molecule has 18 heavy (non-hydrogen) atoms. The normalized spacial score (nSPS) is 27.3. The zero-order chi connectivity index (χ0) is 13.4. The number of rotatable bonds is 4. The summed E-state index contributed by atoms with van der Waals surface area (Å²) in [4.78, 5) is 0. The summed E-state index contributed by atoms with van der Waals surface area (Å²) in [7, 11) is 0. The highest BCUT2D eigenvalue weighted by molar-refractivity contribution is 5.27. The van der Waals surface area contributed by atoms with Gasteiger partial charge in [0, 0.05) is 6.42 Å². The van der Waals surface area contributed by atoms with Crippen LogP contribution in [0.1, 0.15) is 37.3 Å². The van der Waals surface area contributed by atoms with Gasteiger partial charge in [0.25, 0.3) is 0 Å². The third kappa shape index (κ3) is 2.86. The zero-order valence-corrected chi connectivity index (χ0v) is 10.3. The first-order valence-corrected chi connectivity index (χ1v) is 6.23. The summed E-state index contributed by atoms with van der Waals surface area (Å²) >= 11 is 0. The van der Waals surface area contributed by atoms with Crippen LogP contribution in [0.3, 0.4) is 0 Å². The minimum atomic E-state index is -4.29. The lowest BCUT2D eigenvalue weighted by molar-refractivity contribution is -0.137. The van der Waals surface area contributed by atoms with Crippen LogP contribution in [0, 0.1) is 5.92 Å². The van der Waals surface area contributed by atoms with E-state index in [1.54, 1.807) is 0 Å². The Morgan fingerprint density at radius 1 is 1.28 bits per heavy atom. The van der Waals surface area contributed by atoms with Gasteiger partial charge in [0.05, 0.1) is 11.2 Å². The maximum Gasteiger partial charge on any atom is 0.416 e. The Balaban J connectivity index is 2.00. The summed E-state index contributed by atoms with van der Waals surface area (Å²) in [5, 5.41) is 10.2. The molecule has 0 aromatic heterocycles. The first-order chi connectivity index (χ1) is 8.35. The minimum Gasteiger partial charge on any atom is -0.389 e. The van der Waals surface area contributed by atoms with Gasteiger partial charge in [-0.2, -0.15) is 13.2 Å². The number of aliphatic hydroxyl groups is 1. The van der Waals surface area contributed by atoms with Crippen molar-refractivity contribution in [1.82, 2.24) is 0 Å². The third-order valence-corrected chi connectivity index (χ3v) is 3.63. The van der Waals surface area contributed by atoms with Gasteiger partial charge in [-0.25, -0.2) is 0 Å². The van der Waals surface area contributed by atoms with Crippen LogP contribution in [0.5, 0.6) is 0 Å². The van der Waals surface area contributed by atoms with Gasteiger partial charge in [-0.3, -0.25) is 0 Å². The van der Waals surface area contributed by atoms with E-state index in [1.807, 2.05) is 0 Å². The molecule has 1 aromatic rings. The van der Waals surface area contributed by atoms with Crippen LogP contribution in [-0.2, 0) is 12.6 Å². The molecule has 0 bridgehead atoms. The van der Waals surface area contributed by atoms with E-state index in [-0.39, 0.29) is 0 Å². The third-order valence-electron chi connectivity index (χ3n) is 3.63. The van der Waals surface area contributed by atoms with Crippen molar-refractivity contribution in [3.8, 4) is 0 Å². The second-order valence-electron chi connectivity index (χ2n) is 5.16. The van der Waals surface area contributed by atoms with Crippen LogP contribution in [0.4, 0.5) is 13.2 Å². The smallest absolute Gasteiger partial charge is 0.389 e. The first kappa shape index (κ1) is 13.4. The minimum absolute atomic E-state index is 0.310.